The topological polar surface area (TPSA) is 96.6 Å². The molecule has 1 heterocycles. The average molecular weight is 494 g/mol. The van der Waals surface area contributed by atoms with Crippen LogP contribution in [0.25, 0.3) is 0 Å². The maximum absolute atomic E-state index is 12.2. The molecular formula is C16H23IN4O2S2. The highest BCUT2D eigenvalue weighted by Crippen LogP contribution is 2.24. The molecule has 0 spiro atoms. The molecule has 0 saturated carbocycles. The zero-order chi connectivity index (χ0) is 17.7. The van der Waals surface area contributed by atoms with E-state index in [0.717, 1.165) is 21.0 Å². The molecule has 2 rings (SSSR count). The minimum atomic E-state index is -3.50. The van der Waals surface area contributed by atoms with Crippen LogP contribution in [0.3, 0.4) is 0 Å². The molecule has 0 amide bonds. The predicted octanol–water partition coefficient (Wildman–Crippen LogP) is 3.00. The molecule has 6 nitrogen and oxygen atoms in total. The summed E-state index contributed by atoms with van der Waals surface area (Å²) in [4.78, 5) is 6.22. The Bertz CT molecular complexity index is 848. The van der Waals surface area contributed by atoms with Crippen molar-refractivity contribution in [2.24, 2.45) is 10.7 Å². The molecule has 0 radical (unpaired) electrons. The fourth-order valence-corrected chi connectivity index (χ4v) is 4.79. The first-order valence-electron chi connectivity index (χ1n) is 7.48. The Balaban J connectivity index is 0.00000312. The van der Waals surface area contributed by atoms with Crippen molar-refractivity contribution in [3.63, 3.8) is 0 Å². The number of aliphatic imine (C=N–C) groups is 1. The second-order valence-electron chi connectivity index (χ2n) is 5.44. The lowest BCUT2D eigenvalue weighted by Gasteiger charge is -2.07. The number of nitrogens with zero attached hydrogens (tertiary/aromatic N) is 1. The van der Waals surface area contributed by atoms with Crippen LogP contribution >= 0.6 is 35.3 Å². The number of nitrogens with one attached hydrogen (secondary N) is 2. The second kappa shape index (κ2) is 9.51. The number of nitrogens with two attached hydrogens (primary N) is 1. The molecule has 0 fully saturated rings. The second-order valence-corrected chi connectivity index (χ2v) is 8.63. The highest BCUT2D eigenvalue weighted by Gasteiger charge is 2.18. The van der Waals surface area contributed by atoms with Crippen LogP contribution in [0.1, 0.15) is 15.3 Å². The van der Waals surface area contributed by atoms with Crippen molar-refractivity contribution in [2.45, 2.75) is 25.7 Å². The Hall–Kier alpha value is -1.17. The first kappa shape index (κ1) is 21.9. The SMILES string of the molecule is Cc1cccc(NC(N)=NCCNS(=O)(=O)c2cc(C)sc2C)c1.I. The van der Waals surface area contributed by atoms with Crippen molar-refractivity contribution in [3.8, 4) is 0 Å². The molecule has 2 aromatic rings. The third kappa shape index (κ3) is 6.57. The Morgan fingerprint density at radius 1 is 1.24 bits per heavy atom. The van der Waals surface area contributed by atoms with E-state index in [1.165, 1.54) is 11.3 Å². The maximum Gasteiger partial charge on any atom is 0.241 e. The highest BCUT2D eigenvalue weighted by molar-refractivity contribution is 14.0. The van der Waals surface area contributed by atoms with Crippen LogP contribution in [-0.2, 0) is 10.0 Å². The lowest BCUT2D eigenvalue weighted by Crippen LogP contribution is -2.28. The van der Waals surface area contributed by atoms with Crippen LogP contribution < -0.4 is 15.8 Å². The van der Waals surface area contributed by atoms with Crippen molar-refractivity contribution in [1.29, 1.82) is 0 Å². The number of benzene rings is 1. The molecule has 0 bridgehead atoms. The summed E-state index contributed by atoms with van der Waals surface area (Å²) in [7, 11) is -3.50. The Morgan fingerprint density at radius 3 is 2.56 bits per heavy atom. The first-order chi connectivity index (χ1) is 11.3. The molecule has 0 atom stereocenters. The highest BCUT2D eigenvalue weighted by atomic mass is 127. The summed E-state index contributed by atoms with van der Waals surface area (Å²) < 4.78 is 27.0. The van der Waals surface area contributed by atoms with E-state index in [-0.39, 0.29) is 43.0 Å². The fourth-order valence-electron chi connectivity index (χ4n) is 2.22. The van der Waals surface area contributed by atoms with E-state index in [0.29, 0.717) is 4.90 Å². The number of rotatable bonds is 6. The van der Waals surface area contributed by atoms with Crippen LogP contribution in [0.5, 0.6) is 0 Å². The van der Waals surface area contributed by atoms with Crippen LogP contribution in [0.4, 0.5) is 5.69 Å². The van der Waals surface area contributed by atoms with E-state index in [1.54, 1.807) is 13.0 Å². The van der Waals surface area contributed by atoms with E-state index < -0.39 is 10.0 Å². The van der Waals surface area contributed by atoms with Gasteiger partial charge >= 0.3 is 0 Å². The molecule has 0 aliphatic heterocycles. The molecule has 0 unspecified atom stereocenters. The number of hydrogen-bond acceptors (Lipinski definition) is 4. The van der Waals surface area contributed by atoms with Gasteiger partial charge in [-0.15, -0.1) is 35.3 Å². The van der Waals surface area contributed by atoms with Gasteiger partial charge in [0.05, 0.1) is 11.4 Å². The number of aryl methyl sites for hydroxylation is 3. The minimum absolute atomic E-state index is 0. The number of guanidine groups is 1. The smallest absolute Gasteiger partial charge is 0.241 e. The Kier molecular flexibility index (Phi) is 8.32. The summed E-state index contributed by atoms with van der Waals surface area (Å²) in [5.41, 5.74) is 7.77. The molecule has 9 heteroatoms. The first-order valence-corrected chi connectivity index (χ1v) is 9.78. The van der Waals surface area contributed by atoms with E-state index in [4.69, 9.17) is 5.73 Å². The number of sulfonamides is 1. The van der Waals surface area contributed by atoms with Crippen molar-refractivity contribution in [1.82, 2.24) is 4.72 Å². The summed E-state index contributed by atoms with van der Waals surface area (Å²) >= 11 is 1.47. The third-order valence-electron chi connectivity index (χ3n) is 3.26. The standard InChI is InChI=1S/C16H22N4O2S2.HI/c1-11-5-4-6-14(9-11)20-16(17)18-7-8-19-24(21,22)15-10-12(2)23-13(15)3;/h4-6,9-10,19H,7-8H2,1-3H3,(H3,17,18,20);1H. The zero-order valence-corrected chi connectivity index (χ0v) is 18.3. The molecule has 0 saturated heterocycles. The fraction of sp³-hybridized carbons (Fsp3) is 0.312. The van der Waals surface area contributed by atoms with Crippen LogP contribution in [0.15, 0.2) is 40.2 Å². The van der Waals surface area contributed by atoms with E-state index in [1.807, 2.05) is 38.1 Å². The zero-order valence-electron chi connectivity index (χ0n) is 14.4. The number of thiophene rings is 1. The maximum atomic E-state index is 12.2. The summed E-state index contributed by atoms with van der Waals surface area (Å²) in [6, 6.07) is 9.43. The molecule has 138 valence electrons. The van der Waals surface area contributed by atoms with Crippen molar-refractivity contribution in [2.75, 3.05) is 18.4 Å². The van der Waals surface area contributed by atoms with Gasteiger partial charge in [0.25, 0.3) is 0 Å². The summed E-state index contributed by atoms with van der Waals surface area (Å²) in [5, 5.41) is 2.98. The normalized spacial score (nSPS) is 11.9. The largest absolute Gasteiger partial charge is 0.370 e. The quantitative estimate of drug-likeness (QED) is 0.249. The number of halogens is 1. The van der Waals surface area contributed by atoms with Gasteiger partial charge in [-0.2, -0.15) is 0 Å². The number of hydrogen-bond donors (Lipinski definition) is 3. The van der Waals surface area contributed by atoms with E-state index in [2.05, 4.69) is 15.0 Å². The van der Waals surface area contributed by atoms with Crippen LogP contribution in [0, 0.1) is 20.8 Å². The van der Waals surface area contributed by atoms with Gasteiger partial charge in [-0.1, -0.05) is 12.1 Å². The van der Waals surface area contributed by atoms with Gasteiger partial charge < -0.3 is 11.1 Å². The Labute approximate surface area is 170 Å². The molecule has 4 N–H and O–H groups in total. The lowest BCUT2D eigenvalue weighted by atomic mass is 10.2. The predicted molar refractivity (Wildman–Crippen MR) is 116 cm³/mol. The summed E-state index contributed by atoms with van der Waals surface area (Å²) in [5.74, 6) is 0.252. The van der Waals surface area contributed by atoms with Gasteiger partial charge in [0.1, 0.15) is 0 Å². The van der Waals surface area contributed by atoms with Gasteiger partial charge in [0.2, 0.25) is 10.0 Å². The molecule has 1 aromatic heterocycles. The molecule has 0 aliphatic carbocycles. The average Bonchev–Trinajstić information content (AvgIpc) is 2.83. The van der Waals surface area contributed by atoms with Crippen molar-refractivity contribution >= 4 is 57.0 Å². The van der Waals surface area contributed by atoms with E-state index in [9.17, 15) is 8.42 Å². The van der Waals surface area contributed by atoms with Gasteiger partial charge in [-0.05, 0) is 44.5 Å². The van der Waals surface area contributed by atoms with E-state index >= 15 is 0 Å². The monoisotopic (exact) mass is 494 g/mol. The van der Waals surface area contributed by atoms with Gasteiger partial charge in [-0.25, -0.2) is 13.1 Å². The molecular weight excluding hydrogens is 471 g/mol. The number of anilines is 1. The van der Waals surface area contributed by atoms with Crippen molar-refractivity contribution in [3.05, 3.63) is 45.6 Å². The summed E-state index contributed by atoms with van der Waals surface area (Å²) in [6.07, 6.45) is 0. The van der Waals surface area contributed by atoms with Gasteiger partial charge in [0, 0.05) is 22.0 Å². The van der Waals surface area contributed by atoms with Gasteiger partial charge in [0.15, 0.2) is 5.96 Å². The molecule has 25 heavy (non-hydrogen) atoms. The van der Waals surface area contributed by atoms with Crippen molar-refractivity contribution < 1.29 is 8.42 Å². The van der Waals surface area contributed by atoms with Crippen LogP contribution in [-0.4, -0.2) is 27.5 Å². The molecule has 1 aromatic carbocycles. The minimum Gasteiger partial charge on any atom is -0.370 e. The van der Waals surface area contributed by atoms with Crippen LogP contribution in [0.2, 0.25) is 0 Å². The Morgan fingerprint density at radius 2 is 1.96 bits per heavy atom. The lowest BCUT2D eigenvalue weighted by molar-refractivity contribution is 0.582. The summed E-state index contributed by atoms with van der Waals surface area (Å²) in [6.45, 7) is 6.12. The molecule has 0 aliphatic rings. The third-order valence-corrected chi connectivity index (χ3v) is 5.94. The van der Waals surface area contributed by atoms with Gasteiger partial charge in [-0.3, -0.25) is 4.99 Å².